The van der Waals surface area contributed by atoms with Crippen molar-refractivity contribution in [2.24, 2.45) is 0 Å². The van der Waals surface area contributed by atoms with Crippen molar-refractivity contribution in [3.63, 3.8) is 0 Å². The third-order valence-electron chi connectivity index (χ3n) is 4.54. The van der Waals surface area contributed by atoms with Crippen LogP contribution in [0, 0.1) is 0 Å². The molecule has 2 fully saturated rings. The predicted octanol–water partition coefficient (Wildman–Crippen LogP) is 3.05. The lowest BCUT2D eigenvalue weighted by Gasteiger charge is -2.38. The molecular weight excluding hydrogens is 416 g/mol. The van der Waals surface area contributed by atoms with Gasteiger partial charge in [0.1, 0.15) is 43.0 Å². The molecule has 2 saturated heterocycles. The molecule has 0 aromatic carbocycles. The van der Waals surface area contributed by atoms with Crippen LogP contribution < -0.4 is 0 Å². The molecule has 32 heavy (non-hydrogen) atoms. The van der Waals surface area contributed by atoms with Gasteiger partial charge in [-0.25, -0.2) is 0 Å². The molecule has 0 amide bonds. The normalized spacial score (nSPS) is 34.6. The fraction of sp³-hybridized carbons (Fsp3) is 0.625. The number of aliphatic hydroxyl groups excluding tert-OH is 1. The molecule has 0 aliphatic carbocycles. The Morgan fingerprint density at radius 1 is 0.938 bits per heavy atom. The number of carbonyl (C=O) groups excluding carboxylic acids is 1. The van der Waals surface area contributed by atoms with Crippen LogP contribution in [-0.2, 0) is 28.5 Å². The Bertz CT molecular complexity index is 653. The van der Waals surface area contributed by atoms with Gasteiger partial charge in [-0.3, -0.25) is 4.79 Å². The second-order valence-electron chi connectivity index (χ2n) is 8.59. The first-order valence-electron chi connectivity index (χ1n) is 10.3. The average molecular weight is 457 g/mol. The number of aliphatic hydroxyl groups is 2. The highest BCUT2D eigenvalue weighted by atomic mass is 16.7. The molecule has 3 heterocycles. The van der Waals surface area contributed by atoms with Crippen LogP contribution in [0.15, 0.2) is 50.0 Å². The van der Waals surface area contributed by atoms with Gasteiger partial charge in [0, 0.05) is 0 Å². The van der Waals surface area contributed by atoms with Crippen molar-refractivity contribution in [3.05, 3.63) is 50.0 Å². The minimum absolute atomic E-state index is 0.0556. The Morgan fingerprint density at radius 3 is 1.62 bits per heavy atom. The Labute approximate surface area is 192 Å². The minimum Gasteiger partial charge on any atom is -0.491 e. The third kappa shape index (κ3) is 12.8. The molecule has 0 radical (unpaired) electrons. The van der Waals surface area contributed by atoms with Gasteiger partial charge in [-0.2, -0.15) is 0 Å². The Morgan fingerprint density at radius 2 is 1.38 bits per heavy atom. The summed E-state index contributed by atoms with van der Waals surface area (Å²) >= 11 is 0. The molecule has 184 valence electrons. The second kappa shape index (κ2) is 12.9. The number of epoxide rings is 1. The highest BCUT2D eigenvalue weighted by Gasteiger charge is 2.36. The molecule has 0 aromatic heterocycles. The smallest absolute Gasteiger partial charge is 0.186 e. The number of rotatable bonds is 4. The lowest BCUT2D eigenvalue weighted by molar-refractivity contribution is -0.292. The Balaban J connectivity index is 0.000000421. The van der Waals surface area contributed by atoms with Crippen LogP contribution in [0.3, 0.4) is 0 Å². The van der Waals surface area contributed by atoms with Crippen LogP contribution in [0.1, 0.15) is 41.5 Å². The van der Waals surface area contributed by atoms with E-state index in [9.17, 15) is 9.90 Å². The van der Waals surface area contributed by atoms with E-state index in [1.807, 2.05) is 33.8 Å². The SMILES string of the molecule is C=CC1(C)CO1.C=CC1(C)COC(C)(O)CO1.C=CC1(C)COC(C)=CO1.CC(=O)CO. The van der Waals surface area contributed by atoms with E-state index in [0.717, 1.165) is 12.4 Å². The van der Waals surface area contributed by atoms with Gasteiger partial charge in [-0.1, -0.05) is 18.7 Å². The van der Waals surface area contributed by atoms with E-state index < -0.39 is 11.4 Å². The van der Waals surface area contributed by atoms with Gasteiger partial charge in [-0.15, -0.1) is 13.2 Å². The zero-order valence-corrected chi connectivity index (χ0v) is 20.3. The van der Waals surface area contributed by atoms with Crippen molar-refractivity contribution >= 4 is 5.78 Å². The Hall–Kier alpha value is -1.97. The van der Waals surface area contributed by atoms with Gasteiger partial charge in [0.05, 0.1) is 13.2 Å². The highest BCUT2D eigenvalue weighted by molar-refractivity contribution is 5.76. The summed E-state index contributed by atoms with van der Waals surface area (Å²) in [4.78, 5) is 9.56. The maximum atomic E-state index is 9.56. The summed E-state index contributed by atoms with van der Waals surface area (Å²) in [6, 6.07) is 0. The molecule has 0 saturated carbocycles. The number of ketones is 1. The summed E-state index contributed by atoms with van der Waals surface area (Å²) in [5.74, 6) is -0.507. The van der Waals surface area contributed by atoms with Crippen LogP contribution in [0.25, 0.3) is 0 Å². The molecule has 0 spiro atoms. The van der Waals surface area contributed by atoms with Crippen molar-refractivity contribution in [1.29, 1.82) is 0 Å². The van der Waals surface area contributed by atoms with Gasteiger partial charge >= 0.3 is 0 Å². The number of hydrogen-bond acceptors (Lipinski definition) is 8. The maximum absolute atomic E-state index is 9.56. The summed E-state index contributed by atoms with van der Waals surface area (Å²) in [5.41, 5.74) is -0.720. The zero-order chi connectivity index (χ0) is 25.1. The van der Waals surface area contributed by atoms with Gasteiger partial charge < -0.3 is 33.9 Å². The number of allylic oxidation sites excluding steroid dienone is 1. The van der Waals surface area contributed by atoms with Crippen LogP contribution in [0.5, 0.6) is 0 Å². The van der Waals surface area contributed by atoms with Gasteiger partial charge in [-0.05, 0) is 47.6 Å². The van der Waals surface area contributed by atoms with E-state index in [1.54, 1.807) is 25.3 Å². The van der Waals surface area contributed by atoms with E-state index in [-0.39, 0.29) is 30.2 Å². The van der Waals surface area contributed by atoms with E-state index in [4.69, 9.17) is 28.8 Å². The van der Waals surface area contributed by atoms with Crippen LogP contribution >= 0.6 is 0 Å². The molecule has 2 N–H and O–H groups in total. The van der Waals surface area contributed by atoms with Crippen molar-refractivity contribution in [3.8, 4) is 0 Å². The van der Waals surface area contributed by atoms with Crippen LogP contribution in [0.4, 0.5) is 0 Å². The van der Waals surface area contributed by atoms with Gasteiger partial charge in [0.15, 0.2) is 17.2 Å². The fourth-order valence-corrected chi connectivity index (χ4v) is 1.68. The van der Waals surface area contributed by atoms with Gasteiger partial charge in [0.2, 0.25) is 0 Å². The summed E-state index contributed by atoms with van der Waals surface area (Å²) < 4.78 is 26.0. The first kappa shape index (κ1) is 30.0. The Kier molecular flexibility index (Phi) is 12.1. The van der Waals surface area contributed by atoms with Crippen molar-refractivity contribution in [2.75, 3.05) is 33.0 Å². The monoisotopic (exact) mass is 456 g/mol. The third-order valence-corrected chi connectivity index (χ3v) is 4.54. The molecule has 8 nitrogen and oxygen atoms in total. The number of carbonyl (C=O) groups is 1. The summed E-state index contributed by atoms with van der Waals surface area (Å²) in [5, 5.41) is 17.1. The van der Waals surface area contributed by atoms with Crippen LogP contribution in [0.2, 0.25) is 0 Å². The lowest BCUT2D eigenvalue weighted by atomic mass is 10.1. The largest absolute Gasteiger partial charge is 0.491 e. The first-order valence-corrected chi connectivity index (χ1v) is 10.3. The molecule has 3 rings (SSSR count). The number of Topliss-reactive ketones (excluding diaryl/α,β-unsaturated/α-hetero) is 1. The zero-order valence-electron chi connectivity index (χ0n) is 20.3. The lowest BCUT2D eigenvalue weighted by Crippen LogP contribution is -2.49. The molecule has 4 unspecified atom stereocenters. The number of ether oxygens (including phenoxy) is 5. The van der Waals surface area contributed by atoms with E-state index in [0.29, 0.717) is 13.2 Å². The van der Waals surface area contributed by atoms with Gasteiger partial charge in [0.25, 0.3) is 0 Å². The predicted molar refractivity (Wildman–Crippen MR) is 123 cm³/mol. The van der Waals surface area contributed by atoms with Crippen molar-refractivity contribution < 1.29 is 38.7 Å². The molecule has 4 atom stereocenters. The van der Waals surface area contributed by atoms with Crippen molar-refractivity contribution in [1.82, 2.24) is 0 Å². The fourth-order valence-electron chi connectivity index (χ4n) is 1.68. The molecule has 0 aromatic rings. The summed E-state index contributed by atoms with van der Waals surface area (Å²) in [7, 11) is 0. The van der Waals surface area contributed by atoms with E-state index >= 15 is 0 Å². The minimum atomic E-state index is -1.14. The second-order valence-corrected chi connectivity index (χ2v) is 8.59. The standard InChI is InChI=1S/C8H14O3.C8H12O2.C5H8O.C3H6O2/c1-4-7(2)5-11-8(3,9)6-10-7;1-4-8(3)6-9-7(2)5-10-8;1-3-5(2)4-6-5;1-3(5)2-4/h4,9H,1,5-6H2,2-3H3;4-5H,1,6H2,2-3H3;3H,1,4H2,2H3;4H,2H2,1H3. The summed E-state index contributed by atoms with van der Waals surface area (Å²) in [6.45, 7) is 23.0. The molecule has 8 heteroatoms. The quantitative estimate of drug-likeness (QED) is 0.491. The van der Waals surface area contributed by atoms with E-state index in [2.05, 4.69) is 19.7 Å². The highest BCUT2D eigenvalue weighted by Crippen LogP contribution is 2.26. The molecule has 0 bridgehead atoms. The van der Waals surface area contributed by atoms with Crippen LogP contribution in [-0.4, -0.2) is 71.6 Å². The molecule has 3 aliphatic heterocycles. The van der Waals surface area contributed by atoms with E-state index in [1.165, 1.54) is 6.92 Å². The number of hydrogen-bond donors (Lipinski definition) is 2. The maximum Gasteiger partial charge on any atom is 0.186 e. The molecule has 3 aliphatic rings. The van der Waals surface area contributed by atoms with Crippen molar-refractivity contribution in [2.45, 2.75) is 64.1 Å². The summed E-state index contributed by atoms with van der Waals surface area (Å²) in [6.07, 6.45) is 6.87. The molecular formula is C24H40O8. The first-order chi connectivity index (χ1) is 14.7. The topological polar surface area (TPSA) is 107 Å². The average Bonchev–Trinajstić information content (AvgIpc) is 3.52.